The smallest absolute Gasteiger partial charge is 0.252 e. The van der Waals surface area contributed by atoms with Crippen molar-refractivity contribution in [3.63, 3.8) is 0 Å². The first-order chi connectivity index (χ1) is 13.0. The van der Waals surface area contributed by atoms with Crippen LogP contribution in [0.3, 0.4) is 0 Å². The van der Waals surface area contributed by atoms with Crippen molar-refractivity contribution in [2.45, 2.75) is 49.9 Å². The molecule has 4 aliphatic carbocycles. The molecule has 7 rings (SSSR count). The summed E-state index contributed by atoms with van der Waals surface area (Å²) in [6, 6.07) is 4.56. The first kappa shape index (κ1) is 16.0. The molecule has 2 aromatic rings. The van der Waals surface area contributed by atoms with Crippen LogP contribution in [0, 0.1) is 23.7 Å². The van der Waals surface area contributed by atoms with Crippen molar-refractivity contribution < 1.29 is 20.1 Å². The molecule has 142 valence electrons. The largest absolute Gasteiger partial charge is 0.507 e. The summed E-state index contributed by atoms with van der Waals surface area (Å²) in [5.74, 6) is 2.31. The summed E-state index contributed by atoms with van der Waals surface area (Å²) in [4.78, 5) is 14.6. The molecule has 1 aromatic carbocycles. The Hall–Kier alpha value is -2.05. The average molecular weight is 369 g/mol. The van der Waals surface area contributed by atoms with Gasteiger partial charge in [0, 0.05) is 28.9 Å². The molecule has 0 radical (unpaired) electrons. The minimum absolute atomic E-state index is 0.145. The number of hydrogen-bond acceptors (Lipinski definition) is 5. The van der Waals surface area contributed by atoms with Gasteiger partial charge in [-0.25, -0.2) is 0 Å². The molecule has 6 nitrogen and oxygen atoms in total. The van der Waals surface area contributed by atoms with Crippen molar-refractivity contribution in [2.24, 2.45) is 23.7 Å². The van der Waals surface area contributed by atoms with Gasteiger partial charge in [0.2, 0.25) is 0 Å². The lowest BCUT2D eigenvalue weighted by Crippen LogP contribution is -2.68. The van der Waals surface area contributed by atoms with Crippen LogP contribution in [0.25, 0.3) is 10.9 Å². The Balaban J connectivity index is 1.55. The number of fused-ring (bicyclic) bond motifs is 3. The first-order valence-electron chi connectivity index (χ1n) is 9.91. The van der Waals surface area contributed by atoms with Gasteiger partial charge in [0.15, 0.2) is 0 Å². The van der Waals surface area contributed by atoms with E-state index in [2.05, 4.69) is 4.98 Å². The highest BCUT2D eigenvalue weighted by molar-refractivity contribution is 5.89. The summed E-state index contributed by atoms with van der Waals surface area (Å²) in [5, 5.41) is 32.9. The van der Waals surface area contributed by atoms with Crippen LogP contribution >= 0.6 is 0 Å². The van der Waals surface area contributed by atoms with E-state index in [0.29, 0.717) is 22.2 Å². The molecule has 2 heterocycles. The Morgan fingerprint density at radius 3 is 2.37 bits per heavy atom. The number of hydrogen-bond donors (Lipinski definition) is 4. The number of H-pyrrole nitrogens is 1. The van der Waals surface area contributed by atoms with Gasteiger partial charge in [-0.1, -0.05) is 0 Å². The maximum Gasteiger partial charge on any atom is 0.252 e. The molecule has 1 aromatic heterocycles. The number of nitrogens with one attached hydrogen (secondary N) is 1. The van der Waals surface area contributed by atoms with E-state index in [9.17, 15) is 20.1 Å². The van der Waals surface area contributed by atoms with Crippen molar-refractivity contribution >= 4 is 10.9 Å². The van der Waals surface area contributed by atoms with E-state index in [1.165, 1.54) is 6.42 Å². The highest BCUT2D eigenvalue weighted by Gasteiger charge is 2.65. The number of aromatic hydroxyl groups is 1. The first-order valence-corrected chi connectivity index (χ1v) is 9.91. The molecule has 0 unspecified atom stereocenters. The van der Waals surface area contributed by atoms with Crippen LogP contribution in [0.2, 0.25) is 0 Å². The van der Waals surface area contributed by atoms with Crippen LogP contribution in [0.5, 0.6) is 11.5 Å². The molecule has 0 amide bonds. The van der Waals surface area contributed by atoms with Crippen molar-refractivity contribution in [3.05, 3.63) is 34.1 Å². The fourth-order valence-electron chi connectivity index (χ4n) is 6.92. The highest BCUT2D eigenvalue weighted by atomic mass is 16.5. The topological polar surface area (TPSA) is 103 Å². The quantitative estimate of drug-likeness (QED) is 0.570. The molecule has 1 aliphatic heterocycles. The lowest BCUT2D eigenvalue weighted by Gasteiger charge is -2.63. The summed E-state index contributed by atoms with van der Waals surface area (Å²) in [6.45, 7) is 0. The second-order valence-electron chi connectivity index (χ2n) is 9.07. The monoisotopic (exact) mass is 369 g/mol. The van der Waals surface area contributed by atoms with Gasteiger partial charge in [-0.2, -0.15) is 0 Å². The van der Waals surface area contributed by atoms with Gasteiger partial charge in [0.25, 0.3) is 5.56 Å². The third-order valence-corrected chi connectivity index (χ3v) is 7.76. The summed E-state index contributed by atoms with van der Waals surface area (Å²) in [7, 11) is 0. The van der Waals surface area contributed by atoms with Crippen LogP contribution in [-0.2, 0) is 0 Å². The van der Waals surface area contributed by atoms with E-state index < -0.39 is 23.4 Å². The van der Waals surface area contributed by atoms with E-state index in [4.69, 9.17) is 4.74 Å². The molecule has 2 atom stereocenters. The van der Waals surface area contributed by atoms with Gasteiger partial charge in [0.05, 0.1) is 5.52 Å². The van der Waals surface area contributed by atoms with Crippen LogP contribution in [0.4, 0.5) is 0 Å². The Morgan fingerprint density at radius 1 is 1.04 bits per heavy atom. The minimum Gasteiger partial charge on any atom is -0.507 e. The van der Waals surface area contributed by atoms with Gasteiger partial charge in [-0.3, -0.25) is 4.79 Å². The zero-order valence-corrected chi connectivity index (χ0v) is 14.9. The lowest BCUT2D eigenvalue weighted by atomic mass is 9.47. The summed E-state index contributed by atoms with van der Waals surface area (Å²) in [5.41, 5.74) is -0.495. The van der Waals surface area contributed by atoms with Gasteiger partial charge in [-0.15, -0.1) is 0 Å². The number of aromatic amines is 1. The number of rotatable bonds is 0. The zero-order valence-electron chi connectivity index (χ0n) is 14.9. The van der Waals surface area contributed by atoms with Gasteiger partial charge < -0.3 is 25.0 Å². The van der Waals surface area contributed by atoms with Crippen LogP contribution in [0.15, 0.2) is 23.0 Å². The van der Waals surface area contributed by atoms with Crippen molar-refractivity contribution in [1.29, 1.82) is 0 Å². The Bertz CT molecular complexity index is 984. The van der Waals surface area contributed by atoms with Crippen molar-refractivity contribution in [1.82, 2.24) is 4.98 Å². The fourth-order valence-corrected chi connectivity index (χ4v) is 6.92. The Kier molecular flexibility index (Phi) is 2.99. The van der Waals surface area contributed by atoms with Gasteiger partial charge in [-0.05, 0) is 56.1 Å². The molecular formula is C21H23NO5. The number of pyridine rings is 1. The number of aliphatic hydroxyl groups excluding tert-OH is 2. The van der Waals surface area contributed by atoms with Crippen LogP contribution in [0.1, 0.15) is 43.8 Å². The maximum absolute atomic E-state index is 11.9. The number of benzene rings is 1. The van der Waals surface area contributed by atoms with E-state index >= 15 is 0 Å². The fraction of sp³-hybridized carbons (Fsp3) is 0.571. The lowest BCUT2D eigenvalue weighted by molar-refractivity contribution is -0.237. The van der Waals surface area contributed by atoms with Gasteiger partial charge in [0.1, 0.15) is 29.3 Å². The molecule has 4 bridgehead atoms. The van der Waals surface area contributed by atoms with Crippen LogP contribution < -0.4 is 10.3 Å². The standard InChI is InChI=1S/C21H23NO5/c23-14-8-16(24)22-18-13(14)1-2-15-17(18)19(25)20(26)21(27-15)11-4-9-3-10(6-11)7-12(21)5-9/h1-2,8-12,19-20,25-26H,3-7H2,(H2,22,23,24)/t9?,10?,11?,12?,19-,20-,21?/m1/s1. The van der Waals surface area contributed by atoms with Gasteiger partial charge >= 0.3 is 0 Å². The average Bonchev–Trinajstić information content (AvgIpc) is 2.62. The predicted octanol–water partition coefficient (Wildman–Crippen LogP) is 2.22. The summed E-state index contributed by atoms with van der Waals surface area (Å²) in [6.07, 6.45) is 3.30. The zero-order chi connectivity index (χ0) is 18.5. The maximum atomic E-state index is 11.9. The second-order valence-corrected chi connectivity index (χ2v) is 9.07. The third kappa shape index (κ3) is 1.90. The molecule has 4 fully saturated rings. The molecule has 5 aliphatic rings. The molecule has 27 heavy (non-hydrogen) atoms. The number of aliphatic hydroxyl groups is 2. The highest BCUT2D eigenvalue weighted by Crippen LogP contribution is 2.63. The van der Waals surface area contributed by atoms with E-state index in [1.807, 2.05) is 0 Å². The Morgan fingerprint density at radius 2 is 1.70 bits per heavy atom. The molecule has 6 heteroatoms. The molecule has 0 saturated heterocycles. The van der Waals surface area contributed by atoms with E-state index in [-0.39, 0.29) is 17.6 Å². The number of aromatic nitrogens is 1. The molecular weight excluding hydrogens is 346 g/mol. The van der Waals surface area contributed by atoms with Crippen molar-refractivity contribution in [3.8, 4) is 11.5 Å². The molecule has 4 N–H and O–H groups in total. The van der Waals surface area contributed by atoms with Crippen LogP contribution in [-0.4, -0.2) is 32.0 Å². The van der Waals surface area contributed by atoms with Crippen molar-refractivity contribution in [2.75, 3.05) is 0 Å². The third-order valence-electron chi connectivity index (χ3n) is 7.76. The molecule has 4 saturated carbocycles. The van der Waals surface area contributed by atoms with E-state index in [0.717, 1.165) is 43.6 Å². The second kappa shape index (κ2) is 5.06. The predicted molar refractivity (Wildman–Crippen MR) is 97.6 cm³/mol. The molecule has 1 spiro atoms. The summed E-state index contributed by atoms with van der Waals surface area (Å²) >= 11 is 0. The summed E-state index contributed by atoms with van der Waals surface area (Å²) < 4.78 is 6.55. The van der Waals surface area contributed by atoms with E-state index in [1.54, 1.807) is 12.1 Å². The number of ether oxygens (including phenoxy) is 1. The minimum atomic E-state index is -1.16. The SMILES string of the molecule is O=c1cc(O)c2ccc3c(c2[nH]1)[C@@H](O)[C@@H](O)C1(O3)C2CC3CC(C2)CC1C3. The normalized spacial score (nSPS) is 41.7. The Labute approximate surface area is 155 Å².